The second-order valence-electron chi connectivity index (χ2n) is 5.07. The van der Waals surface area contributed by atoms with Crippen molar-refractivity contribution in [3.05, 3.63) is 34.7 Å². The molecule has 1 aromatic heterocycles. The monoisotopic (exact) mass is 303 g/mol. The van der Waals surface area contributed by atoms with E-state index in [4.69, 9.17) is 5.73 Å². The van der Waals surface area contributed by atoms with Gasteiger partial charge < -0.3 is 11.1 Å². The predicted molar refractivity (Wildman–Crippen MR) is 88.4 cm³/mol. The molecule has 0 bridgehead atoms. The molecule has 0 spiro atoms. The molecule has 1 aromatic carbocycles. The van der Waals surface area contributed by atoms with Crippen LogP contribution in [0.5, 0.6) is 0 Å². The third kappa shape index (κ3) is 4.37. The van der Waals surface area contributed by atoms with Gasteiger partial charge in [0, 0.05) is 16.6 Å². The molecule has 21 heavy (non-hydrogen) atoms. The lowest BCUT2D eigenvalue weighted by Crippen LogP contribution is -2.35. The van der Waals surface area contributed by atoms with Gasteiger partial charge >= 0.3 is 0 Å². The number of carbonyl (C=O) groups excluding carboxylic acids is 1. The maximum absolute atomic E-state index is 11.9. The molecule has 0 aliphatic heterocycles. The highest BCUT2D eigenvalue weighted by Crippen LogP contribution is 2.23. The van der Waals surface area contributed by atoms with Crippen LogP contribution in [0.25, 0.3) is 11.3 Å². The number of rotatable bonds is 6. The quantitative estimate of drug-likeness (QED) is 0.857. The number of thiazole rings is 1. The zero-order valence-corrected chi connectivity index (χ0v) is 13.2. The number of aryl methyl sites for hydroxylation is 1. The summed E-state index contributed by atoms with van der Waals surface area (Å²) in [4.78, 5) is 16.4. The van der Waals surface area contributed by atoms with Crippen LogP contribution in [0, 0.1) is 6.92 Å². The van der Waals surface area contributed by atoms with Crippen LogP contribution in [0.3, 0.4) is 0 Å². The molecule has 5 heteroatoms. The normalized spacial score (nSPS) is 12.1. The number of unbranched alkanes of at least 4 members (excludes halogenated alkanes) is 1. The Bertz CT molecular complexity index is 592. The number of carbonyl (C=O) groups is 1. The van der Waals surface area contributed by atoms with E-state index in [0.29, 0.717) is 0 Å². The first kappa shape index (κ1) is 15.7. The van der Waals surface area contributed by atoms with Crippen LogP contribution in [0.2, 0.25) is 0 Å². The number of benzene rings is 1. The smallest absolute Gasteiger partial charge is 0.241 e. The van der Waals surface area contributed by atoms with E-state index in [0.717, 1.165) is 41.2 Å². The van der Waals surface area contributed by atoms with Gasteiger partial charge in [0.1, 0.15) is 0 Å². The van der Waals surface area contributed by atoms with Crippen molar-refractivity contribution in [2.45, 2.75) is 39.2 Å². The lowest BCUT2D eigenvalue weighted by atomic mass is 10.1. The minimum atomic E-state index is -0.439. The molecule has 2 aromatic rings. The van der Waals surface area contributed by atoms with Gasteiger partial charge in [0.15, 0.2) is 0 Å². The Balaban J connectivity index is 1.97. The molecule has 4 nitrogen and oxygen atoms in total. The van der Waals surface area contributed by atoms with E-state index in [2.05, 4.69) is 17.2 Å². The summed E-state index contributed by atoms with van der Waals surface area (Å²) in [5.74, 6) is -0.124. The SMILES string of the molecule is CCCC[C@H](N)C(=O)Nc1ccc(-c2csc(C)n2)cc1. The van der Waals surface area contributed by atoms with Crippen molar-refractivity contribution in [2.24, 2.45) is 5.73 Å². The molecule has 0 fully saturated rings. The Labute approximate surface area is 129 Å². The average molecular weight is 303 g/mol. The first-order valence-corrected chi connectivity index (χ1v) is 8.07. The zero-order chi connectivity index (χ0) is 15.2. The minimum absolute atomic E-state index is 0.124. The van der Waals surface area contributed by atoms with Gasteiger partial charge in [-0.2, -0.15) is 0 Å². The maximum atomic E-state index is 11.9. The molecule has 112 valence electrons. The predicted octanol–water partition coefficient (Wildman–Crippen LogP) is 3.57. The molecular weight excluding hydrogens is 282 g/mol. The van der Waals surface area contributed by atoms with Gasteiger partial charge in [-0.1, -0.05) is 31.9 Å². The second-order valence-corrected chi connectivity index (χ2v) is 6.13. The average Bonchev–Trinajstić information content (AvgIpc) is 2.92. The molecule has 2 rings (SSSR count). The summed E-state index contributed by atoms with van der Waals surface area (Å²) < 4.78 is 0. The summed E-state index contributed by atoms with van der Waals surface area (Å²) in [6, 6.07) is 7.25. The van der Waals surface area contributed by atoms with E-state index in [1.54, 1.807) is 11.3 Å². The lowest BCUT2D eigenvalue weighted by Gasteiger charge is -2.11. The van der Waals surface area contributed by atoms with Crippen LogP contribution in [0.15, 0.2) is 29.6 Å². The number of hydrogen-bond donors (Lipinski definition) is 2. The highest BCUT2D eigenvalue weighted by molar-refractivity contribution is 7.09. The number of hydrogen-bond acceptors (Lipinski definition) is 4. The largest absolute Gasteiger partial charge is 0.325 e. The molecule has 1 atom stereocenters. The highest BCUT2D eigenvalue weighted by atomic mass is 32.1. The van der Waals surface area contributed by atoms with Crippen LogP contribution in [-0.2, 0) is 4.79 Å². The third-order valence-electron chi connectivity index (χ3n) is 3.27. The Kier molecular flexibility index (Phi) is 5.47. The third-order valence-corrected chi connectivity index (χ3v) is 4.05. The summed E-state index contributed by atoms with van der Waals surface area (Å²) in [7, 11) is 0. The van der Waals surface area contributed by atoms with Crippen molar-refractivity contribution in [1.82, 2.24) is 4.98 Å². The van der Waals surface area contributed by atoms with E-state index >= 15 is 0 Å². The first-order valence-electron chi connectivity index (χ1n) is 7.19. The van der Waals surface area contributed by atoms with Crippen LogP contribution < -0.4 is 11.1 Å². The van der Waals surface area contributed by atoms with E-state index < -0.39 is 6.04 Å². The Morgan fingerprint density at radius 2 is 2.10 bits per heavy atom. The van der Waals surface area contributed by atoms with Gasteiger partial charge in [0.2, 0.25) is 5.91 Å². The van der Waals surface area contributed by atoms with E-state index in [1.165, 1.54) is 0 Å². The van der Waals surface area contributed by atoms with E-state index in [9.17, 15) is 4.79 Å². The fourth-order valence-electron chi connectivity index (χ4n) is 2.01. The highest BCUT2D eigenvalue weighted by Gasteiger charge is 2.12. The van der Waals surface area contributed by atoms with Gasteiger partial charge in [0.05, 0.1) is 16.7 Å². The van der Waals surface area contributed by atoms with Crippen molar-refractivity contribution in [3.8, 4) is 11.3 Å². The topological polar surface area (TPSA) is 68.0 Å². The molecule has 0 unspecified atom stereocenters. The van der Waals surface area contributed by atoms with Crippen molar-refractivity contribution < 1.29 is 4.79 Å². The standard InChI is InChI=1S/C16H21N3OS/c1-3-4-5-14(17)16(20)19-13-8-6-12(7-9-13)15-10-21-11(2)18-15/h6-10,14H,3-5,17H2,1-2H3,(H,19,20)/t14-/m0/s1. The van der Waals surface area contributed by atoms with Crippen molar-refractivity contribution in [2.75, 3.05) is 5.32 Å². The van der Waals surface area contributed by atoms with Crippen molar-refractivity contribution in [1.29, 1.82) is 0 Å². The van der Waals surface area contributed by atoms with E-state index in [-0.39, 0.29) is 5.91 Å². The Morgan fingerprint density at radius 1 is 1.38 bits per heavy atom. The number of aromatic nitrogens is 1. The summed E-state index contributed by atoms with van der Waals surface area (Å²) in [6.45, 7) is 4.07. The molecule has 0 aliphatic carbocycles. The molecule has 3 N–H and O–H groups in total. The number of nitrogens with two attached hydrogens (primary N) is 1. The van der Waals surface area contributed by atoms with Gasteiger partial charge in [-0.25, -0.2) is 4.98 Å². The lowest BCUT2D eigenvalue weighted by molar-refractivity contribution is -0.117. The zero-order valence-electron chi connectivity index (χ0n) is 12.4. The number of anilines is 1. The van der Waals surface area contributed by atoms with Gasteiger partial charge in [-0.15, -0.1) is 11.3 Å². The van der Waals surface area contributed by atoms with Gasteiger partial charge in [-0.05, 0) is 25.5 Å². The summed E-state index contributed by atoms with van der Waals surface area (Å²) in [5.41, 5.74) is 8.64. The van der Waals surface area contributed by atoms with Crippen molar-refractivity contribution >= 4 is 22.9 Å². The number of nitrogens with one attached hydrogen (secondary N) is 1. The molecule has 0 radical (unpaired) electrons. The molecule has 1 heterocycles. The summed E-state index contributed by atoms with van der Waals surface area (Å²) in [5, 5.41) is 5.93. The van der Waals surface area contributed by atoms with Crippen LogP contribution >= 0.6 is 11.3 Å². The number of nitrogens with zero attached hydrogens (tertiary/aromatic N) is 1. The van der Waals surface area contributed by atoms with Crippen molar-refractivity contribution in [3.63, 3.8) is 0 Å². The van der Waals surface area contributed by atoms with E-state index in [1.807, 2.05) is 36.6 Å². The molecule has 0 saturated carbocycles. The van der Waals surface area contributed by atoms with Gasteiger partial charge in [0.25, 0.3) is 0 Å². The first-order chi connectivity index (χ1) is 10.1. The fraction of sp³-hybridized carbons (Fsp3) is 0.375. The summed E-state index contributed by atoms with van der Waals surface area (Å²) in [6.07, 6.45) is 2.73. The Morgan fingerprint density at radius 3 is 2.67 bits per heavy atom. The second kappa shape index (κ2) is 7.33. The fourth-order valence-corrected chi connectivity index (χ4v) is 2.63. The molecular formula is C16H21N3OS. The maximum Gasteiger partial charge on any atom is 0.241 e. The summed E-state index contributed by atoms with van der Waals surface area (Å²) >= 11 is 1.63. The molecule has 0 saturated heterocycles. The Hall–Kier alpha value is -1.72. The van der Waals surface area contributed by atoms with Crippen LogP contribution in [-0.4, -0.2) is 16.9 Å². The van der Waals surface area contributed by atoms with Crippen LogP contribution in [0.4, 0.5) is 5.69 Å². The number of amides is 1. The van der Waals surface area contributed by atoms with Crippen LogP contribution in [0.1, 0.15) is 31.2 Å². The molecule has 1 amide bonds. The molecule has 0 aliphatic rings. The van der Waals surface area contributed by atoms with Gasteiger partial charge in [-0.3, -0.25) is 4.79 Å². The minimum Gasteiger partial charge on any atom is -0.325 e.